The maximum Gasteiger partial charge on any atom is 0.344 e. The van der Waals surface area contributed by atoms with Gasteiger partial charge in [-0.3, -0.25) is 14.4 Å². The summed E-state index contributed by atoms with van der Waals surface area (Å²) in [6.45, 7) is 16.7. The van der Waals surface area contributed by atoms with E-state index in [0.29, 0.717) is 22.3 Å². The number of carbonyl (C=O) groups excluding carboxylic acids is 4. The van der Waals surface area contributed by atoms with Gasteiger partial charge in [-0.2, -0.15) is 0 Å². The summed E-state index contributed by atoms with van der Waals surface area (Å²) in [5, 5.41) is 4.12. The van der Waals surface area contributed by atoms with Crippen molar-refractivity contribution in [1.29, 1.82) is 0 Å². The number of Topliss-reactive ketones (excluding diaryl/α,β-unsaturated/α-hetero) is 3. The number of oxime groups is 1. The van der Waals surface area contributed by atoms with Crippen LogP contribution in [0.4, 0.5) is 0 Å². The van der Waals surface area contributed by atoms with Crippen molar-refractivity contribution in [2.45, 2.75) is 68.9 Å². The Balaban J connectivity index is 1.84. The van der Waals surface area contributed by atoms with Gasteiger partial charge in [-0.15, -0.1) is 0 Å². The summed E-state index contributed by atoms with van der Waals surface area (Å²) in [5.74, 6) is -0.796. The summed E-state index contributed by atoms with van der Waals surface area (Å²) in [6.07, 6.45) is 0. The lowest BCUT2D eigenvalue weighted by Gasteiger charge is -2.17. The molecule has 0 aliphatic rings. The van der Waals surface area contributed by atoms with Crippen LogP contribution in [0.3, 0.4) is 0 Å². The summed E-state index contributed by atoms with van der Waals surface area (Å²) >= 11 is 0. The van der Waals surface area contributed by atoms with Gasteiger partial charge in [0.25, 0.3) is 5.90 Å². The van der Waals surface area contributed by atoms with E-state index in [2.05, 4.69) is 5.16 Å². The Morgan fingerprint density at radius 2 is 0.837 bits per heavy atom. The van der Waals surface area contributed by atoms with Crippen molar-refractivity contribution in [3.05, 3.63) is 106 Å². The first-order valence-corrected chi connectivity index (χ1v) is 14.2. The minimum Gasteiger partial charge on any atom is -0.400 e. The van der Waals surface area contributed by atoms with E-state index < -0.39 is 22.2 Å². The first kappa shape index (κ1) is 33.1. The lowest BCUT2D eigenvalue weighted by Crippen LogP contribution is -2.21. The van der Waals surface area contributed by atoms with E-state index in [1.165, 1.54) is 12.1 Å². The van der Waals surface area contributed by atoms with E-state index in [1.807, 2.05) is 62.3 Å². The molecule has 0 amide bonds. The highest BCUT2D eigenvalue weighted by Gasteiger charge is 2.25. The zero-order chi connectivity index (χ0) is 32.2. The fraction of sp³-hybridized carbons (Fsp3) is 0.361. The lowest BCUT2D eigenvalue weighted by molar-refractivity contribution is 0.0683. The van der Waals surface area contributed by atoms with Gasteiger partial charge in [-0.25, -0.2) is 4.79 Å². The van der Waals surface area contributed by atoms with Crippen LogP contribution in [0.5, 0.6) is 0 Å². The zero-order valence-corrected chi connectivity index (χ0v) is 26.5. The number of nitrogens with zero attached hydrogens (tertiary/aromatic N) is 1. The standard InChI is InChI=1S/C36H41NO6/c1-34(2,3)29(38)24-12-10-23(11-13-24)22-42-37-32(27-18-14-25(15-19-27)30(39)35(4,5)6)43-33(41)28-20-16-26(17-21-28)31(40)36(7,8)9/h10-21H,22H2,1-9H3. The van der Waals surface area contributed by atoms with Crippen molar-refractivity contribution in [2.24, 2.45) is 21.4 Å². The Kier molecular flexibility index (Phi) is 9.90. The van der Waals surface area contributed by atoms with Crippen LogP contribution in [0, 0.1) is 16.2 Å². The maximum absolute atomic E-state index is 13.1. The third-order valence-electron chi connectivity index (χ3n) is 6.60. The summed E-state index contributed by atoms with van der Waals surface area (Å²) < 4.78 is 5.66. The van der Waals surface area contributed by atoms with Crippen molar-refractivity contribution in [2.75, 3.05) is 0 Å². The number of esters is 1. The molecule has 43 heavy (non-hydrogen) atoms. The van der Waals surface area contributed by atoms with Crippen molar-refractivity contribution in [1.82, 2.24) is 0 Å². The first-order valence-electron chi connectivity index (χ1n) is 14.2. The number of rotatable bonds is 8. The van der Waals surface area contributed by atoms with Gasteiger partial charge in [0.1, 0.15) is 6.61 Å². The van der Waals surface area contributed by atoms with Gasteiger partial charge < -0.3 is 9.57 Å². The van der Waals surface area contributed by atoms with Crippen LogP contribution in [-0.2, 0) is 16.2 Å². The van der Waals surface area contributed by atoms with E-state index >= 15 is 0 Å². The molecular weight excluding hydrogens is 542 g/mol. The van der Waals surface area contributed by atoms with Gasteiger partial charge in [0, 0.05) is 38.5 Å². The third-order valence-corrected chi connectivity index (χ3v) is 6.60. The second-order valence-electron chi connectivity index (χ2n) is 13.6. The molecule has 0 atom stereocenters. The smallest absolute Gasteiger partial charge is 0.344 e. The van der Waals surface area contributed by atoms with E-state index in [-0.39, 0.29) is 35.4 Å². The van der Waals surface area contributed by atoms with E-state index in [1.54, 1.807) is 60.7 Å². The monoisotopic (exact) mass is 583 g/mol. The molecule has 3 rings (SSSR count). The van der Waals surface area contributed by atoms with Crippen molar-refractivity contribution >= 4 is 29.2 Å². The fourth-order valence-electron chi connectivity index (χ4n) is 4.02. The highest BCUT2D eigenvalue weighted by molar-refractivity contribution is 6.06. The van der Waals surface area contributed by atoms with Crippen LogP contribution in [0.2, 0.25) is 0 Å². The van der Waals surface area contributed by atoms with E-state index in [9.17, 15) is 19.2 Å². The van der Waals surface area contributed by atoms with Gasteiger partial charge in [0.2, 0.25) is 0 Å². The molecular formula is C36H41NO6. The van der Waals surface area contributed by atoms with Crippen molar-refractivity contribution < 1.29 is 28.8 Å². The number of benzene rings is 3. The lowest BCUT2D eigenvalue weighted by atomic mass is 9.86. The minimum absolute atomic E-state index is 0.0240. The summed E-state index contributed by atoms with van der Waals surface area (Å²) in [5.41, 5.74) is 1.46. The molecule has 0 saturated carbocycles. The van der Waals surface area contributed by atoms with Crippen LogP contribution in [0.1, 0.15) is 115 Å². The number of ether oxygens (including phenoxy) is 1. The Morgan fingerprint density at radius 1 is 0.512 bits per heavy atom. The molecule has 0 saturated heterocycles. The minimum atomic E-state index is -0.683. The maximum atomic E-state index is 13.1. The fourth-order valence-corrected chi connectivity index (χ4v) is 4.02. The number of hydrogen-bond donors (Lipinski definition) is 0. The molecule has 0 aromatic heterocycles. The van der Waals surface area contributed by atoms with Crippen LogP contribution >= 0.6 is 0 Å². The predicted molar refractivity (Wildman–Crippen MR) is 167 cm³/mol. The molecule has 0 aliphatic heterocycles. The van der Waals surface area contributed by atoms with Crippen LogP contribution < -0.4 is 0 Å². The SMILES string of the molecule is CC(C)(C)C(=O)c1ccc(CON=C(OC(=O)c2ccc(C(=O)C(C)(C)C)cc2)c2ccc(C(=O)C(C)(C)C)cc2)cc1. The van der Waals surface area contributed by atoms with Crippen molar-refractivity contribution in [3.8, 4) is 0 Å². The summed E-state index contributed by atoms with van der Waals surface area (Å²) in [4.78, 5) is 56.5. The van der Waals surface area contributed by atoms with Crippen LogP contribution in [-0.4, -0.2) is 29.2 Å². The molecule has 226 valence electrons. The second kappa shape index (κ2) is 12.9. The molecule has 0 aliphatic carbocycles. The Bertz CT molecular complexity index is 1510. The van der Waals surface area contributed by atoms with Gasteiger partial charge in [-0.05, 0) is 35.0 Å². The molecule has 0 unspecified atom stereocenters. The summed E-state index contributed by atoms with van der Waals surface area (Å²) in [7, 11) is 0. The Hall–Kier alpha value is -4.39. The third kappa shape index (κ3) is 8.80. The number of hydrogen-bond acceptors (Lipinski definition) is 7. The predicted octanol–water partition coefficient (Wildman–Crippen LogP) is 8.11. The Labute approximate surface area is 254 Å². The van der Waals surface area contributed by atoms with Gasteiger partial charge >= 0.3 is 5.97 Å². The van der Waals surface area contributed by atoms with Crippen LogP contribution in [0.15, 0.2) is 78.0 Å². The molecule has 0 radical (unpaired) electrons. The number of ketones is 3. The zero-order valence-electron chi connectivity index (χ0n) is 26.5. The quantitative estimate of drug-likeness (QED) is 0.0873. The molecule has 0 N–H and O–H groups in total. The van der Waals surface area contributed by atoms with Gasteiger partial charge in [0.05, 0.1) is 5.56 Å². The summed E-state index contributed by atoms with van der Waals surface area (Å²) in [6, 6.07) is 19.9. The Morgan fingerprint density at radius 3 is 1.21 bits per heavy atom. The second-order valence-corrected chi connectivity index (χ2v) is 13.6. The highest BCUT2D eigenvalue weighted by atomic mass is 16.7. The highest BCUT2D eigenvalue weighted by Crippen LogP contribution is 2.24. The normalized spacial score (nSPS) is 12.4. The van der Waals surface area contributed by atoms with E-state index in [0.717, 1.165) is 5.56 Å². The first-order chi connectivity index (χ1) is 19.9. The molecule has 0 spiro atoms. The molecule has 3 aromatic carbocycles. The van der Waals surface area contributed by atoms with Gasteiger partial charge in [0.15, 0.2) is 17.3 Å². The molecule has 7 heteroatoms. The molecule has 3 aromatic rings. The van der Waals surface area contributed by atoms with Crippen molar-refractivity contribution in [3.63, 3.8) is 0 Å². The largest absolute Gasteiger partial charge is 0.400 e. The molecule has 0 fully saturated rings. The number of carbonyl (C=O) groups is 4. The molecule has 0 heterocycles. The van der Waals surface area contributed by atoms with Gasteiger partial charge in [-0.1, -0.05) is 111 Å². The molecule has 0 bridgehead atoms. The molecule has 7 nitrogen and oxygen atoms in total. The van der Waals surface area contributed by atoms with E-state index in [4.69, 9.17) is 9.57 Å². The topological polar surface area (TPSA) is 99.1 Å². The average Bonchev–Trinajstić information content (AvgIpc) is 2.94. The average molecular weight is 584 g/mol. The van der Waals surface area contributed by atoms with Crippen LogP contribution in [0.25, 0.3) is 0 Å².